The largest absolute Gasteiger partial charge is 0.478 e. The van der Waals surface area contributed by atoms with Gasteiger partial charge in [0.2, 0.25) is 0 Å². The van der Waals surface area contributed by atoms with Gasteiger partial charge in [-0.25, -0.2) is 4.79 Å². The predicted molar refractivity (Wildman–Crippen MR) is 99.9 cm³/mol. The van der Waals surface area contributed by atoms with Crippen LogP contribution in [0.25, 0.3) is 10.9 Å². The van der Waals surface area contributed by atoms with Crippen molar-refractivity contribution >= 4 is 28.5 Å². The number of anilines is 1. The van der Waals surface area contributed by atoms with Crippen molar-refractivity contribution in [2.45, 2.75) is 6.54 Å². The second kappa shape index (κ2) is 7.72. The summed E-state index contributed by atoms with van der Waals surface area (Å²) in [5.74, 6) is -1.66. The Morgan fingerprint density at radius 2 is 2.00 bits per heavy atom. The molecule has 0 saturated heterocycles. The Kier molecular flexibility index (Phi) is 5.20. The molecule has 0 spiro atoms. The Balaban J connectivity index is 2.00. The molecule has 0 unspecified atom stereocenters. The number of nitrogens with one attached hydrogen (secondary N) is 1. The highest BCUT2D eigenvalue weighted by molar-refractivity contribution is 6.09. The van der Waals surface area contributed by atoms with E-state index in [1.54, 1.807) is 13.2 Å². The quantitative estimate of drug-likeness (QED) is 0.700. The van der Waals surface area contributed by atoms with E-state index in [0.717, 1.165) is 10.9 Å². The summed E-state index contributed by atoms with van der Waals surface area (Å²) in [5, 5.41) is 21.9. The van der Waals surface area contributed by atoms with Crippen LogP contribution in [-0.4, -0.2) is 35.3 Å². The molecule has 2 aromatic carbocycles. The SMILES string of the molecule is COCCn1c(C(=O)Nc2ccc(C#N)cc2C(=O)O)cc2ccccc21. The summed E-state index contributed by atoms with van der Waals surface area (Å²) in [6.07, 6.45) is 0. The summed E-state index contributed by atoms with van der Waals surface area (Å²) < 4.78 is 6.96. The molecule has 1 aromatic heterocycles. The van der Waals surface area contributed by atoms with E-state index in [2.05, 4.69) is 5.32 Å². The number of carbonyl (C=O) groups excluding carboxylic acids is 1. The molecule has 0 aliphatic carbocycles. The molecule has 7 heteroatoms. The normalized spacial score (nSPS) is 10.5. The zero-order chi connectivity index (χ0) is 19.4. The van der Waals surface area contributed by atoms with E-state index in [-0.39, 0.29) is 16.8 Å². The highest BCUT2D eigenvalue weighted by atomic mass is 16.5. The maximum absolute atomic E-state index is 12.9. The van der Waals surface area contributed by atoms with Gasteiger partial charge in [0.15, 0.2) is 0 Å². The van der Waals surface area contributed by atoms with Crippen LogP contribution in [0, 0.1) is 11.3 Å². The van der Waals surface area contributed by atoms with Crippen LogP contribution in [-0.2, 0) is 11.3 Å². The summed E-state index contributed by atoms with van der Waals surface area (Å²) in [5.41, 5.74) is 1.49. The van der Waals surface area contributed by atoms with Crippen LogP contribution in [0.3, 0.4) is 0 Å². The molecule has 0 radical (unpaired) electrons. The summed E-state index contributed by atoms with van der Waals surface area (Å²) in [7, 11) is 1.58. The lowest BCUT2D eigenvalue weighted by Crippen LogP contribution is -2.20. The molecule has 27 heavy (non-hydrogen) atoms. The van der Waals surface area contributed by atoms with Gasteiger partial charge in [0, 0.05) is 24.6 Å². The number of hydrogen-bond donors (Lipinski definition) is 2. The van der Waals surface area contributed by atoms with Crippen LogP contribution in [0.2, 0.25) is 0 Å². The molecule has 7 nitrogen and oxygen atoms in total. The standard InChI is InChI=1S/C20H17N3O4/c1-27-9-8-23-17-5-3-2-4-14(17)11-18(23)19(24)22-16-7-6-13(12-21)10-15(16)20(25)26/h2-7,10-11H,8-9H2,1H3,(H,22,24)(H,25,26). The Labute approximate surface area is 155 Å². The van der Waals surface area contributed by atoms with Crippen LogP contribution in [0.15, 0.2) is 48.5 Å². The first-order chi connectivity index (χ1) is 13.0. The smallest absolute Gasteiger partial charge is 0.337 e. The summed E-state index contributed by atoms with van der Waals surface area (Å²) in [6, 6.07) is 15.3. The van der Waals surface area contributed by atoms with Crippen LogP contribution in [0.1, 0.15) is 26.4 Å². The average molecular weight is 363 g/mol. The molecular formula is C20H17N3O4. The number of fused-ring (bicyclic) bond motifs is 1. The van der Waals surface area contributed by atoms with Crippen molar-refractivity contribution in [2.75, 3.05) is 19.0 Å². The maximum atomic E-state index is 12.9. The molecule has 1 amide bonds. The number of ether oxygens (including phenoxy) is 1. The third kappa shape index (κ3) is 3.66. The van der Waals surface area contributed by atoms with E-state index in [9.17, 15) is 14.7 Å². The number of benzene rings is 2. The molecule has 1 heterocycles. The Morgan fingerprint density at radius 1 is 1.22 bits per heavy atom. The van der Waals surface area contributed by atoms with E-state index in [4.69, 9.17) is 10.00 Å². The first kappa shape index (κ1) is 18.2. The lowest BCUT2D eigenvalue weighted by Gasteiger charge is -2.12. The number of carboxylic acid groups (broad SMARTS) is 1. The van der Waals surface area contributed by atoms with Gasteiger partial charge in [0.25, 0.3) is 5.91 Å². The Bertz CT molecular complexity index is 1060. The zero-order valence-corrected chi connectivity index (χ0v) is 14.6. The van der Waals surface area contributed by atoms with Gasteiger partial charge in [-0.1, -0.05) is 18.2 Å². The molecule has 0 aliphatic rings. The topological polar surface area (TPSA) is 104 Å². The second-order valence-electron chi connectivity index (χ2n) is 5.86. The fourth-order valence-corrected chi connectivity index (χ4v) is 2.91. The first-order valence-electron chi connectivity index (χ1n) is 8.21. The third-order valence-corrected chi connectivity index (χ3v) is 4.19. The minimum absolute atomic E-state index is 0.134. The molecule has 0 atom stereocenters. The van der Waals surface area contributed by atoms with Gasteiger partial charge in [-0.05, 0) is 30.3 Å². The minimum Gasteiger partial charge on any atom is -0.478 e. The number of aromatic nitrogens is 1. The predicted octanol–water partition coefficient (Wildman–Crippen LogP) is 3.11. The molecule has 3 aromatic rings. The van der Waals surface area contributed by atoms with Crippen molar-refractivity contribution in [3.63, 3.8) is 0 Å². The number of methoxy groups -OCH3 is 1. The number of para-hydroxylation sites is 1. The van der Waals surface area contributed by atoms with Gasteiger partial charge in [-0.3, -0.25) is 4.79 Å². The van der Waals surface area contributed by atoms with Crippen LogP contribution in [0.5, 0.6) is 0 Å². The Morgan fingerprint density at radius 3 is 2.70 bits per heavy atom. The van der Waals surface area contributed by atoms with E-state index in [1.807, 2.05) is 34.9 Å². The zero-order valence-electron chi connectivity index (χ0n) is 14.6. The molecule has 3 rings (SSSR count). The van der Waals surface area contributed by atoms with Crippen molar-refractivity contribution in [1.29, 1.82) is 5.26 Å². The molecule has 2 N–H and O–H groups in total. The molecule has 0 saturated carbocycles. The van der Waals surface area contributed by atoms with Crippen LogP contribution >= 0.6 is 0 Å². The first-order valence-corrected chi connectivity index (χ1v) is 8.21. The number of carbonyl (C=O) groups is 2. The summed E-state index contributed by atoms with van der Waals surface area (Å²) >= 11 is 0. The molecule has 0 fully saturated rings. The van der Waals surface area contributed by atoms with Gasteiger partial charge < -0.3 is 19.7 Å². The van der Waals surface area contributed by atoms with E-state index in [1.165, 1.54) is 18.2 Å². The molecular weight excluding hydrogens is 346 g/mol. The van der Waals surface area contributed by atoms with Gasteiger partial charge in [-0.2, -0.15) is 5.26 Å². The van der Waals surface area contributed by atoms with Crippen molar-refractivity contribution in [3.05, 3.63) is 65.4 Å². The number of rotatable bonds is 6. The number of aromatic carboxylic acids is 1. The summed E-state index contributed by atoms with van der Waals surface area (Å²) in [6.45, 7) is 0.905. The average Bonchev–Trinajstić information content (AvgIpc) is 3.05. The monoisotopic (exact) mass is 363 g/mol. The van der Waals surface area contributed by atoms with Crippen molar-refractivity contribution in [1.82, 2.24) is 4.57 Å². The number of carboxylic acids is 1. The van der Waals surface area contributed by atoms with Gasteiger partial charge in [0.1, 0.15) is 5.69 Å². The lowest BCUT2D eigenvalue weighted by atomic mass is 10.1. The van der Waals surface area contributed by atoms with Crippen molar-refractivity contribution < 1.29 is 19.4 Å². The fourth-order valence-electron chi connectivity index (χ4n) is 2.91. The van der Waals surface area contributed by atoms with E-state index in [0.29, 0.717) is 18.8 Å². The molecule has 0 aliphatic heterocycles. The van der Waals surface area contributed by atoms with Crippen molar-refractivity contribution in [3.8, 4) is 6.07 Å². The highest BCUT2D eigenvalue weighted by Crippen LogP contribution is 2.23. The number of amides is 1. The molecule has 0 bridgehead atoms. The third-order valence-electron chi connectivity index (χ3n) is 4.19. The fraction of sp³-hybridized carbons (Fsp3) is 0.150. The van der Waals surface area contributed by atoms with E-state index < -0.39 is 11.9 Å². The number of hydrogen-bond acceptors (Lipinski definition) is 4. The maximum Gasteiger partial charge on any atom is 0.337 e. The second-order valence-corrected chi connectivity index (χ2v) is 5.86. The minimum atomic E-state index is -1.22. The van der Waals surface area contributed by atoms with Gasteiger partial charge >= 0.3 is 5.97 Å². The number of nitriles is 1. The van der Waals surface area contributed by atoms with E-state index >= 15 is 0 Å². The van der Waals surface area contributed by atoms with Crippen LogP contribution < -0.4 is 5.32 Å². The molecule has 136 valence electrons. The Hall–Kier alpha value is -3.63. The lowest BCUT2D eigenvalue weighted by molar-refractivity contribution is 0.0698. The number of nitrogens with zero attached hydrogens (tertiary/aromatic N) is 2. The van der Waals surface area contributed by atoms with Crippen LogP contribution in [0.4, 0.5) is 5.69 Å². The van der Waals surface area contributed by atoms with Gasteiger partial charge in [0.05, 0.1) is 29.5 Å². The van der Waals surface area contributed by atoms with Gasteiger partial charge in [-0.15, -0.1) is 0 Å². The highest BCUT2D eigenvalue weighted by Gasteiger charge is 2.18. The van der Waals surface area contributed by atoms with Crippen molar-refractivity contribution in [2.24, 2.45) is 0 Å². The summed E-state index contributed by atoms with van der Waals surface area (Å²) in [4.78, 5) is 24.3.